The quantitative estimate of drug-likeness (QED) is 0.145. The van der Waals surface area contributed by atoms with Gasteiger partial charge in [0.1, 0.15) is 28.5 Å². The van der Waals surface area contributed by atoms with Crippen molar-refractivity contribution in [1.29, 1.82) is 10.5 Å². The molecule has 2 aromatic heterocycles. The fourth-order valence-electron chi connectivity index (χ4n) is 3.15. The van der Waals surface area contributed by atoms with Crippen LogP contribution in [0.5, 0.6) is 0 Å². The SMILES string of the molecule is CCOC(=O)c1sc(CC(=O)C(C#N)=Cc2ccc(-c3cccc([N+](=O)[O-])c3)o2)c(C#N)c1C. The Hall–Kier alpha value is -4.54. The largest absolute Gasteiger partial charge is 0.462 e. The van der Waals surface area contributed by atoms with E-state index in [1.807, 2.05) is 12.1 Å². The van der Waals surface area contributed by atoms with Crippen LogP contribution in [0.2, 0.25) is 0 Å². The Bertz CT molecular complexity index is 1400. The summed E-state index contributed by atoms with van der Waals surface area (Å²) >= 11 is 0.993. The molecule has 170 valence electrons. The molecule has 0 aliphatic heterocycles. The van der Waals surface area contributed by atoms with Crippen LogP contribution in [0.4, 0.5) is 5.69 Å². The third-order valence-electron chi connectivity index (χ3n) is 4.79. The van der Waals surface area contributed by atoms with Crippen molar-refractivity contribution in [2.24, 2.45) is 0 Å². The highest BCUT2D eigenvalue weighted by Crippen LogP contribution is 2.30. The van der Waals surface area contributed by atoms with Gasteiger partial charge in [0.15, 0.2) is 5.78 Å². The summed E-state index contributed by atoms with van der Waals surface area (Å²) in [7, 11) is 0. The molecule has 0 atom stereocenters. The van der Waals surface area contributed by atoms with Crippen molar-refractivity contribution < 1.29 is 23.7 Å². The molecule has 0 saturated carbocycles. The van der Waals surface area contributed by atoms with Crippen LogP contribution in [0.1, 0.15) is 38.4 Å². The Morgan fingerprint density at radius 1 is 1.26 bits per heavy atom. The molecule has 0 saturated heterocycles. The van der Waals surface area contributed by atoms with Crippen molar-refractivity contribution >= 4 is 34.9 Å². The van der Waals surface area contributed by atoms with Crippen LogP contribution in [-0.4, -0.2) is 23.3 Å². The number of thiophene rings is 1. The number of rotatable bonds is 8. The first-order valence-electron chi connectivity index (χ1n) is 9.98. The minimum atomic E-state index is -0.569. The van der Waals surface area contributed by atoms with Crippen LogP contribution in [-0.2, 0) is 16.0 Å². The normalized spacial score (nSPS) is 10.9. The summed E-state index contributed by atoms with van der Waals surface area (Å²) < 4.78 is 10.6. The van der Waals surface area contributed by atoms with Crippen molar-refractivity contribution in [3.05, 3.63) is 78.7 Å². The van der Waals surface area contributed by atoms with Gasteiger partial charge in [-0.05, 0) is 31.5 Å². The highest BCUT2D eigenvalue weighted by molar-refractivity contribution is 7.14. The summed E-state index contributed by atoms with van der Waals surface area (Å²) in [5, 5.41) is 30.0. The molecule has 0 fully saturated rings. The maximum atomic E-state index is 12.8. The number of furan rings is 1. The van der Waals surface area contributed by atoms with E-state index in [0.29, 0.717) is 21.8 Å². The van der Waals surface area contributed by atoms with Gasteiger partial charge in [0.25, 0.3) is 5.69 Å². The average Bonchev–Trinajstić information content (AvgIpc) is 3.41. The first-order chi connectivity index (χ1) is 16.3. The minimum Gasteiger partial charge on any atom is -0.462 e. The van der Waals surface area contributed by atoms with E-state index in [2.05, 4.69) is 0 Å². The van der Waals surface area contributed by atoms with Crippen LogP contribution in [0, 0.1) is 39.7 Å². The van der Waals surface area contributed by atoms with Crippen molar-refractivity contribution in [2.45, 2.75) is 20.3 Å². The first-order valence-corrected chi connectivity index (χ1v) is 10.8. The zero-order valence-corrected chi connectivity index (χ0v) is 19.0. The van der Waals surface area contributed by atoms with E-state index in [0.717, 1.165) is 11.3 Å². The Kier molecular flexibility index (Phi) is 7.36. The summed E-state index contributed by atoms with van der Waals surface area (Å²) in [6, 6.07) is 12.8. The number of hydrogen-bond acceptors (Lipinski definition) is 9. The number of non-ortho nitro benzene ring substituents is 1. The number of nitriles is 2. The summed E-state index contributed by atoms with van der Waals surface area (Å²) in [5.41, 5.74) is 0.819. The predicted octanol–water partition coefficient (Wildman–Crippen LogP) is 4.99. The second-order valence-electron chi connectivity index (χ2n) is 6.97. The number of benzene rings is 1. The summed E-state index contributed by atoms with van der Waals surface area (Å²) in [5.74, 6) is -0.578. The fourth-order valence-corrected chi connectivity index (χ4v) is 4.30. The monoisotopic (exact) mass is 475 g/mol. The number of allylic oxidation sites excluding steroid dienone is 1. The lowest BCUT2D eigenvalue weighted by atomic mass is 10.0. The summed E-state index contributed by atoms with van der Waals surface area (Å²) in [4.78, 5) is 36.0. The molecule has 0 aliphatic rings. The van der Waals surface area contributed by atoms with E-state index in [9.17, 15) is 30.2 Å². The second kappa shape index (κ2) is 10.4. The highest BCUT2D eigenvalue weighted by atomic mass is 32.1. The Morgan fingerprint density at radius 2 is 2.03 bits per heavy atom. The number of nitro benzene ring substituents is 1. The van der Waals surface area contributed by atoms with Gasteiger partial charge in [0.05, 0.1) is 22.7 Å². The molecule has 0 N–H and O–H groups in total. The van der Waals surface area contributed by atoms with Crippen LogP contribution in [0.15, 0.2) is 46.4 Å². The van der Waals surface area contributed by atoms with Crippen LogP contribution in [0.3, 0.4) is 0 Å². The zero-order valence-electron chi connectivity index (χ0n) is 18.2. The molecule has 0 bridgehead atoms. The number of esters is 1. The molecule has 9 nitrogen and oxygen atoms in total. The molecule has 2 heterocycles. The summed E-state index contributed by atoms with van der Waals surface area (Å²) in [6.45, 7) is 3.45. The predicted molar refractivity (Wildman–Crippen MR) is 123 cm³/mol. The second-order valence-corrected chi connectivity index (χ2v) is 8.07. The fraction of sp³-hybridized carbons (Fsp3) is 0.167. The lowest BCUT2D eigenvalue weighted by molar-refractivity contribution is -0.384. The molecule has 34 heavy (non-hydrogen) atoms. The molecule has 0 spiro atoms. The topological polar surface area (TPSA) is 147 Å². The molecular formula is C24H17N3O6S. The van der Waals surface area contributed by atoms with Gasteiger partial charge >= 0.3 is 5.97 Å². The molecule has 3 rings (SSSR count). The molecule has 1 aromatic carbocycles. The Labute approximate surface area is 198 Å². The van der Waals surface area contributed by atoms with E-state index >= 15 is 0 Å². The maximum absolute atomic E-state index is 12.8. The van der Waals surface area contributed by atoms with Crippen molar-refractivity contribution in [3.63, 3.8) is 0 Å². The first kappa shape index (κ1) is 24.1. The number of ketones is 1. The Morgan fingerprint density at radius 3 is 2.68 bits per heavy atom. The van der Waals surface area contributed by atoms with Gasteiger partial charge in [-0.15, -0.1) is 11.3 Å². The number of nitrogens with zero attached hydrogens (tertiary/aromatic N) is 3. The van der Waals surface area contributed by atoms with E-state index in [4.69, 9.17) is 9.15 Å². The highest BCUT2D eigenvalue weighted by Gasteiger charge is 2.23. The third-order valence-corrected chi connectivity index (χ3v) is 6.06. The van der Waals surface area contributed by atoms with Gasteiger partial charge in [-0.1, -0.05) is 12.1 Å². The molecule has 0 amide bonds. The number of carbonyl (C=O) groups is 2. The Balaban J connectivity index is 1.86. The van der Waals surface area contributed by atoms with Crippen molar-refractivity contribution in [2.75, 3.05) is 6.61 Å². The van der Waals surface area contributed by atoms with Gasteiger partial charge in [0.2, 0.25) is 0 Å². The van der Waals surface area contributed by atoms with Gasteiger partial charge < -0.3 is 9.15 Å². The molecule has 3 aromatic rings. The summed E-state index contributed by atoms with van der Waals surface area (Å²) in [6.07, 6.45) is 1.02. The minimum absolute atomic E-state index is 0.0967. The van der Waals surface area contributed by atoms with Crippen LogP contribution < -0.4 is 0 Å². The van der Waals surface area contributed by atoms with Crippen molar-refractivity contribution in [1.82, 2.24) is 0 Å². The van der Waals surface area contributed by atoms with Gasteiger partial charge in [-0.3, -0.25) is 14.9 Å². The smallest absolute Gasteiger partial charge is 0.348 e. The number of ether oxygens (including phenoxy) is 1. The number of carbonyl (C=O) groups excluding carboxylic acids is 2. The van der Waals surface area contributed by atoms with Gasteiger partial charge in [0, 0.05) is 35.1 Å². The number of nitro groups is 1. The van der Waals surface area contributed by atoms with Gasteiger partial charge in [-0.25, -0.2) is 4.79 Å². The van der Waals surface area contributed by atoms with Crippen LogP contribution >= 0.6 is 11.3 Å². The molecule has 0 unspecified atom stereocenters. The van der Waals surface area contributed by atoms with Crippen LogP contribution in [0.25, 0.3) is 17.4 Å². The molecule has 0 radical (unpaired) electrons. The van der Waals surface area contributed by atoms with E-state index in [1.165, 1.54) is 30.3 Å². The number of Topliss-reactive ketones (excluding diaryl/α,β-unsaturated/α-hetero) is 1. The van der Waals surface area contributed by atoms with E-state index in [-0.39, 0.29) is 40.5 Å². The lowest BCUT2D eigenvalue weighted by Gasteiger charge is -1.99. The molecular weight excluding hydrogens is 458 g/mol. The van der Waals surface area contributed by atoms with Crippen molar-refractivity contribution in [3.8, 4) is 23.5 Å². The lowest BCUT2D eigenvalue weighted by Crippen LogP contribution is -2.05. The standard InChI is InChI=1S/C24H17N3O6S/c1-3-32-24(29)23-14(2)19(13-26)22(34-23)11-20(28)16(12-25)10-18-7-8-21(33-18)15-5-4-6-17(9-15)27(30)31/h4-10H,3,11H2,1-2H3. The molecule has 0 aliphatic carbocycles. The molecule has 10 heteroatoms. The maximum Gasteiger partial charge on any atom is 0.348 e. The average molecular weight is 475 g/mol. The van der Waals surface area contributed by atoms with E-state index < -0.39 is 16.7 Å². The van der Waals surface area contributed by atoms with E-state index in [1.54, 1.807) is 26.0 Å². The van der Waals surface area contributed by atoms with Gasteiger partial charge in [-0.2, -0.15) is 10.5 Å². The number of hydrogen-bond donors (Lipinski definition) is 0. The third kappa shape index (κ3) is 5.09. The zero-order chi connectivity index (χ0) is 24.8.